The zero-order valence-corrected chi connectivity index (χ0v) is 17.1. The molecule has 0 spiro atoms. The monoisotopic (exact) mass is 420 g/mol. The second-order valence-corrected chi connectivity index (χ2v) is 7.34. The van der Waals surface area contributed by atoms with Crippen molar-refractivity contribution in [3.63, 3.8) is 0 Å². The van der Waals surface area contributed by atoms with Gasteiger partial charge in [0.25, 0.3) is 11.8 Å². The minimum Gasteiger partial charge on any atom is -0.483 e. The Hall–Kier alpha value is -3.03. The van der Waals surface area contributed by atoms with E-state index in [1.54, 1.807) is 4.90 Å². The Morgan fingerprint density at radius 1 is 0.867 bits per heavy atom. The maximum absolute atomic E-state index is 13.9. The van der Waals surface area contributed by atoms with Crippen LogP contribution in [0.15, 0.2) is 24.3 Å². The van der Waals surface area contributed by atoms with Crippen molar-refractivity contribution in [2.45, 2.75) is 20.8 Å². The molecule has 5 nitrogen and oxygen atoms in total. The highest BCUT2D eigenvalue weighted by molar-refractivity contribution is 5.94. The number of rotatable bonds is 4. The summed E-state index contributed by atoms with van der Waals surface area (Å²) in [7, 11) is 0. The average Bonchev–Trinajstić information content (AvgIpc) is 2.74. The molecule has 1 aliphatic heterocycles. The van der Waals surface area contributed by atoms with Crippen LogP contribution in [0.25, 0.3) is 0 Å². The molecular formula is C22H23F3N2O3. The van der Waals surface area contributed by atoms with Crippen LogP contribution in [0.2, 0.25) is 0 Å². The van der Waals surface area contributed by atoms with Crippen LogP contribution in [0, 0.1) is 38.2 Å². The highest BCUT2D eigenvalue weighted by Crippen LogP contribution is 2.25. The van der Waals surface area contributed by atoms with E-state index in [9.17, 15) is 22.8 Å². The first-order valence-electron chi connectivity index (χ1n) is 9.61. The van der Waals surface area contributed by atoms with Gasteiger partial charge in [0.15, 0.2) is 24.1 Å². The van der Waals surface area contributed by atoms with Crippen LogP contribution in [0.1, 0.15) is 27.0 Å². The first-order chi connectivity index (χ1) is 14.2. The van der Waals surface area contributed by atoms with E-state index in [-0.39, 0.29) is 38.7 Å². The van der Waals surface area contributed by atoms with Crippen LogP contribution < -0.4 is 4.74 Å². The Morgan fingerprint density at radius 3 is 2.13 bits per heavy atom. The molecule has 1 heterocycles. The van der Waals surface area contributed by atoms with Gasteiger partial charge in [-0.25, -0.2) is 13.2 Å². The van der Waals surface area contributed by atoms with Crippen molar-refractivity contribution in [2.24, 2.45) is 0 Å². The maximum atomic E-state index is 13.9. The first-order valence-corrected chi connectivity index (χ1v) is 9.61. The number of hydrogen-bond acceptors (Lipinski definition) is 3. The average molecular weight is 420 g/mol. The molecule has 0 radical (unpaired) electrons. The second-order valence-electron chi connectivity index (χ2n) is 7.34. The minimum atomic E-state index is -1.67. The Bertz CT molecular complexity index is 986. The van der Waals surface area contributed by atoms with Crippen molar-refractivity contribution in [3.05, 3.63) is 64.0 Å². The number of carbonyl (C=O) groups is 2. The number of piperazine rings is 1. The van der Waals surface area contributed by atoms with E-state index in [4.69, 9.17) is 4.74 Å². The fourth-order valence-corrected chi connectivity index (χ4v) is 3.39. The molecule has 8 heteroatoms. The molecule has 0 N–H and O–H groups in total. The minimum absolute atomic E-state index is 0.128. The highest BCUT2D eigenvalue weighted by atomic mass is 19.2. The third kappa shape index (κ3) is 4.27. The maximum Gasteiger partial charge on any atom is 0.260 e. The Labute approximate surface area is 173 Å². The number of halogens is 3. The van der Waals surface area contributed by atoms with E-state index in [0.717, 1.165) is 28.8 Å². The summed E-state index contributed by atoms with van der Waals surface area (Å²) < 4.78 is 46.1. The molecule has 1 aliphatic rings. The molecule has 0 bridgehead atoms. The van der Waals surface area contributed by atoms with Crippen LogP contribution in [-0.2, 0) is 4.79 Å². The quantitative estimate of drug-likeness (QED) is 0.713. The highest BCUT2D eigenvalue weighted by Gasteiger charge is 2.28. The number of hydrogen-bond donors (Lipinski definition) is 0. The summed E-state index contributed by atoms with van der Waals surface area (Å²) >= 11 is 0. The Kier molecular flexibility index (Phi) is 6.34. The van der Waals surface area contributed by atoms with Crippen molar-refractivity contribution in [2.75, 3.05) is 32.8 Å². The number of ether oxygens (including phenoxy) is 1. The molecule has 0 saturated carbocycles. The molecule has 0 aromatic heterocycles. The molecule has 2 aromatic rings. The van der Waals surface area contributed by atoms with E-state index >= 15 is 0 Å². The Balaban J connectivity index is 1.58. The van der Waals surface area contributed by atoms with Gasteiger partial charge in [0.2, 0.25) is 0 Å². The first kappa shape index (κ1) is 21.7. The lowest BCUT2D eigenvalue weighted by Gasteiger charge is -2.34. The standard InChI is InChI=1S/C22H23F3N2O3/c1-13-4-5-14(2)21(15(13)3)30-12-18(28)26-8-10-27(11-9-26)22(29)16-6-7-17(23)20(25)19(16)24/h4-7H,8-12H2,1-3H3. The summed E-state index contributed by atoms with van der Waals surface area (Å²) in [6.45, 7) is 6.48. The van der Waals surface area contributed by atoms with Crippen molar-refractivity contribution in [1.82, 2.24) is 9.80 Å². The topological polar surface area (TPSA) is 49.9 Å². The largest absolute Gasteiger partial charge is 0.483 e. The van der Waals surface area contributed by atoms with Gasteiger partial charge in [-0.1, -0.05) is 12.1 Å². The normalized spacial score (nSPS) is 14.1. The van der Waals surface area contributed by atoms with Crippen LogP contribution in [0.5, 0.6) is 5.75 Å². The van der Waals surface area contributed by atoms with Gasteiger partial charge in [-0.2, -0.15) is 0 Å². The second kappa shape index (κ2) is 8.77. The molecule has 3 rings (SSSR count). The summed E-state index contributed by atoms with van der Waals surface area (Å²) in [4.78, 5) is 27.8. The molecule has 2 amide bonds. The molecule has 2 aromatic carbocycles. The van der Waals surface area contributed by atoms with Gasteiger partial charge in [-0.15, -0.1) is 0 Å². The number of benzene rings is 2. The van der Waals surface area contributed by atoms with Crippen LogP contribution >= 0.6 is 0 Å². The van der Waals surface area contributed by atoms with E-state index in [1.165, 1.54) is 4.90 Å². The van der Waals surface area contributed by atoms with Crippen LogP contribution in [0.4, 0.5) is 13.2 Å². The zero-order chi connectivity index (χ0) is 22.0. The van der Waals surface area contributed by atoms with Crippen molar-refractivity contribution in [1.29, 1.82) is 0 Å². The summed E-state index contributed by atoms with van der Waals surface area (Å²) in [6.07, 6.45) is 0. The van der Waals surface area contributed by atoms with E-state index in [2.05, 4.69) is 0 Å². The number of aryl methyl sites for hydroxylation is 2. The van der Waals surface area contributed by atoms with E-state index < -0.39 is 28.9 Å². The van der Waals surface area contributed by atoms with E-state index in [1.807, 2.05) is 32.9 Å². The van der Waals surface area contributed by atoms with Crippen molar-refractivity contribution >= 4 is 11.8 Å². The zero-order valence-electron chi connectivity index (χ0n) is 17.1. The van der Waals surface area contributed by atoms with Gasteiger partial charge in [-0.05, 0) is 49.6 Å². The van der Waals surface area contributed by atoms with E-state index in [0.29, 0.717) is 5.75 Å². The van der Waals surface area contributed by atoms with Gasteiger partial charge in [0.1, 0.15) is 5.75 Å². The summed E-state index contributed by atoms with van der Waals surface area (Å²) in [5.41, 5.74) is 2.46. The Morgan fingerprint density at radius 2 is 1.47 bits per heavy atom. The summed E-state index contributed by atoms with van der Waals surface area (Å²) in [5.74, 6) is -4.80. The third-order valence-electron chi connectivity index (χ3n) is 5.40. The van der Waals surface area contributed by atoms with Gasteiger partial charge in [0.05, 0.1) is 5.56 Å². The lowest BCUT2D eigenvalue weighted by molar-refractivity contribution is -0.134. The fourth-order valence-electron chi connectivity index (χ4n) is 3.39. The van der Waals surface area contributed by atoms with Gasteiger partial charge >= 0.3 is 0 Å². The lowest BCUT2D eigenvalue weighted by atomic mass is 10.1. The predicted octanol–water partition coefficient (Wildman–Crippen LogP) is 3.39. The molecule has 1 fully saturated rings. The van der Waals surface area contributed by atoms with Gasteiger partial charge in [-0.3, -0.25) is 9.59 Å². The number of amides is 2. The molecule has 30 heavy (non-hydrogen) atoms. The lowest BCUT2D eigenvalue weighted by Crippen LogP contribution is -2.51. The molecule has 0 atom stereocenters. The molecular weight excluding hydrogens is 397 g/mol. The van der Waals surface area contributed by atoms with Crippen molar-refractivity contribution < 1.29 is 27.5 Å². The number of carbonyl (C=O) groups excluding carboxylic acids is 2. The third-order valence-corrected chi connectivity index (χ3v) is 5.40. The number of nitrogens with zero attached hydrogens (tertiary/aromatic N) is 2. The fraction of sp³-hybridized carbons (Fsp3) is 0.364. The van der Waals surface area contributed by atoms with Crippen LogP contribution in [-0.4, -0.2) is 54.4 Å². The molecule has 0 aliphatic carbocycles. The smallest absolute Gasteiger partial charge is 0.260 e. The van der Waals surface area contributed by atoms with Gasteiger partial charge in [0, 0.05) is 26.2 Å². The van der Waals surface area contributed by atoms with Crippen LogP contribution in [0.3, 0.4) is 0 Å². The predicted molar refractivity (Wildman–Crippen MR) is 105 cm³/mol. The van der Waals surface area contributed by atoms with Gasteiger partial charge < -0.3 is 14.5 Å². The molecule has 1 saturated heterocycles. The van der Waals surface area contributed by atoms with Crippen molar-refractivity contribution in [3.8, 4) is 5.75 Å². The summed E-state index contributed by atoms with van der Waals surface area (Å²) in [6, 6.07) is 5.57. The summed E-state index contributed by atoms with van der Waals surface area (Å²) in [5, 5.41) is 0. The molecule has 160 valence electrons. The molecule has 0 unspecified atom stereocenters. The SMILES string of the molecule is Cc1ccc(C)c(OCC(=O)N2CCN(C(=O)c3ccc(F)c(F)c3F)CC2)c1C.